The molecule has 1 saturated heterocycles. The lowest BCUT2D eigenvalue weighted by atomic mass is 9.99. The third-order valence-corrected chi connectivity index (χ3v) is 2.05. The van der Waals surface area contributed by atoms with Crippen LogP contribution in [-0.2, 0) is 0 Å². The van der Waals surface area contributed by atoms with Gasteiger partial charge in [0.25, 0.3) is 0 Å². The minimum absolute atomic E-state index is 0.0154. The van der Waals surface area contributed by atoms with Crippen LogP contribution in [0.5, 0.6) is 0 Å². The molecule has 0 aromatic carbocycles. The van der Waals surface area contributed by atoms with Crippen LogP contribution in [-0.4, -0.2) is 35.2 Å². The topological polar surface area (TPSA) is 47.3 Å². The number of aliphatic hydroxyl groups excluding tert-OH is 1. The summed E-state index contributed by atoms with van der Waals surface area (Å²) in [4.78, 5) is 2.01. The maximum atomic E-state index is 8.99. The van der Waals surface area contributed by atoms with E-state index in [4.69, 9.17) is 10.4 Å². The molecule has 0 aromatic heterocycles. The third kappa shape index (κ3) is 1.70. The first-order valence-corrected chi connectivity index (χ1v) is 3.97. The zero-order valence-electron chi connectivity index (χ0n) is 6.99. The Morgan fingerprint density at radius 3 is 2.36 bits per heavy atom. The molecule has 1 rings (SSSR count). The second kappa shape index (κ2) is 3.21. The van der Waals surface area contributed by atoms with Gasteiger partial charge in [0.1, 0.15) is 6.04 Å². The van der Waals surface area contributed by atoms with E-state index in [2.05, 4.69) is 6.07 Å². The van der Waals surface area contributed by atoms with Crippen LogP contribution in [0.2, 0.25) is 0 Å². The summed E-state index contributed by atoms with van der Waals surface area (Å²) in [6, 6.07) is 2.22. The summed E-state index contributed by atoms with van der Waals surface area (Å²) in [7, 11) is 0. The van der Waals surface area contributed by atoms with Gasteiger partial charge in [0.2, 0.25) is 0 Å². The summed E-state index contributed by atoms with van der Waals surface area (Å²) in [5.74, 6) is 0.354. The van der Waals surface area contributed by atoms with Crippen molar-refractivity contribution in [1.82, 2.24) is 4.90 Å². The minimum atomic E-state index is -0.204. The maximum absolute atomic E-state index is 8.99. The summed E-state index contributed by atoms with van der Waals surface area (Å²) in [6.45, 7) is 5.38. The first kappa shape index (κ1) is 8.51. The van der Waals surface area contributed by atoms with E-state index < -0.39 is 0 Å². The van der Waals surface area contributed by atoms with Crippen LogP contribution in [0.4, 0.5) is 0 Å². The monoisotopic (exact) mass is 154 g/mol. The fourth-order valence-electron chi connectivity index (χ4n) is 1.37. The van der Waals surface area contributed by atoms with Gasteiger partial charge in [-0.15, -0.1) is 0 Å². The van der Waals surface area contributed by atoms with Crippen LogP contribution in [0.1, 0.15) is 13.8 Å². The van der Waals surface area contributed by atoms with Crippen molar-refractivity contribution < 1.29 is 5.11 Å². The van der Waals surface area contributed by atoms with Gasteiger partial charge in [-0.2, -0.15) is 5.26 Å². The molecule has 0 spiro atoms. The van der Waals surface area contributed by atoms with E-state index in [1.165, 1.54) is 0 Å². The molecule has 0 radical (unpaired) electrons. The maximum Gasteiger partial charge on any atom is 0.100 e. The number of likely N-dealkylation sites (tertiary alicyclic amines) is 1. The van der Waals surface area contributed by atoms with Gasteiger partial charge < -0.3 is 5.11 Å². The summed E-state index contributed by atoms with van der Waals surface area (Å²) in [6.07, 6.45) is -0.204. The number of rotatable bonds is 2. The van der Waals surface area contributed by atoms with Crippen LogP contribution in [0.25, 0.3) is 0 Å². The molecule has 0 aliphatic carbocycles. The van der Waals surface area contributed by atoms with E-state index >= 15 is 0 Å². The molecule has 1 aliphatic heterocycles. The Labute approximate surface area is 67.2 Å². The second-order valence-corrected chi connectivity index (χ2v) is 3.43. The van der Waals surface area contributed by atoms with Crippen LogP contribution in [0.3, 0.4) is 0 Å². The van der Waals surface area contributed by atoms with Crippen LogP contribution in [0, 0.1) is 17.2 Å². The fourth-order valence-corrected chi connectivity index (χ4v) is 1.37. The molecule has 1 heterocycles. The standard InChI is InChI=1S/C8H14N2O/c1-6(2)8(3-9)10-4-7(11)5-10/h6-8,11H,4-5H2,1-2H3. The van der Waals surface area contributed by atoms with Gasteiger partial charge in [0, 0.05) is 13.1 Å². The van der Waals surface area contributed by atoms with E-state index in [1.54, 1.807) is 0 Å². The van der Waals surface area contributed by atoms with E-state index in [0.29, 0.717) is 19.0 Å². The van der Waals surface area contributed by atoms with E-state index in [1.807, 2.05) is 18.7 Å². The summed E-state index contributed by atoms with van der Waals surface area (Å²) in [5.41, 5.74) is 0. The van der Waals surface area contributed by atoms with Crippen LogP contribution >= 0.6 is 0 Å². The SMILES string of the molecule is CC(C)C(C#N)N1CC(O)C1. The lowest BCUT2D eigenvalue weighted by Gasteiger charge is -2.40. The summed E-state index contributed by atoms with van der Waals surface area (Å²) in [5, 5.41) is 17.7. The third-order valence-electron chi connectivity index (χ3n) is 2.05. The van der Waals surface area contributed by atoms with E-state index in [9.17, 15) is 0 Å². The highest BCUT2D eigenvalue weighted by Gasteiger charge is 2.32. The molecule has 1 atom stereocenters. The van der Waals surface area contributed by atoms with E-state index in [-0.39, 0.29) is 12.1 Å². The van der Waals surface area contributed by atoms with Crippen molar-refractivity contribution in [2.45, 2.75) is 26.0 Å². The summed E-state index contributed by atoms with van der Waals surface area (Å²) >= 11 is 0. The Bertz CT molecular complexity index is 167. The average molecular weight is 154 g/mol. The lowest BCUT2D eigenvalue weighted by molar-refractivity contribution is -0.0212. The number of nitriles is 1. The quantitative estimate of drug-likeness (QED) is 0.618. The Balaban J connectivity index is 2.40. The van der Waals surface area contributed by atoms with Crippen molar-refractivity contribution >= 4 is 0 Å². The van der Waals surface area contributed by atoms with Gasteiger partial charge in [0.15, 0.2) is 0 Å². The predicted molar refractivity (Wildman–Crippen MR) is 41.8 cm³/mol. The van der Waals surface area contributed by atoms with Crippen LogP contribution < -0.4 is 0 Å². The molecule has 62 valence electrons. The van der Waals surface area contributed by atoms with Crippen molar-refractivity contribution in [2.24, 2.45) is 5.92 Å². The normalized spacial score (nSPS) is 22.8. The van der Waals surface area contributed by atoms with Gasteiger partial charge in [-0.05, 0) is 5.92 Å². The number of hydrogen-bond donors (Lipinski definition) is 1. The molecule has 1 unspecified atom stereocenters. The molecule has 0 bridgehead atoms. The fraction of sp³-hybridized carbons (Fsp3) is 0.875. The number of β-amino-alcohol motifs (C(OH)–C–C–N with tert-alkyl or cyclic N) is 1. The smallest absolute Gasteiger partial charge is 0.100 e. The average Bonchev–Trinajstić information content (AvgIpc) is 1.85. The summed E-state index contributed by atoms with van der Waals surface area (Å²) < 4.78 is 0. The molecule has 3 heteroatoms. The Hall–Kier alpha value is -0.590. The predicted octanol–water partition coefficient (Wildman–Crippen LogP) is 0.211. The lowest BCUT2D eigenvalue weighted by Crippen LogP contribution is -2.56. The second-order valence-electron chi connectivity index (χ2n) is 3.43. The zero-order chi connectivity index (χ0) is 8.43. The zero-order valence-corrected chi connectivity index (χ0v) is 6.99. The Kier molecular flexibility index (Phi) is 2.48. The highest BCUT2D eigenvalue weighted by Crippen LogP contribution is 2.17. The number of nitrogens with zero attached hydrogens (tertiary/aromatic N) is 2. The van der Waals surface area contributed by atoms with Gasteiger partial charge in [-0.3, -0.25) is 4.90 Å². The molecule has 1 aliphatic rings. The molecule has 0 aromatic rings. The molecule has 0 saturated carbocycles. The molecule has 1 N–H and O–H groups in total. The number of aliphatic hydroxyl groups is 1. The van der Waals surface area contributed by atoms with Crippen molar-refractivity contribution in [2.75, 3.05) is 13.1 Å². The molecule has 1 fully saturated rings. The Morgan fingerprint density at radius 2 is 2.09 bits per heavy atom. The largest absolute Gasteiger partial charge is 0.390 e. The minimum Gasteiger partial charge on any atom is -0.390 e. The van der Waals surface area contributed by atoms with Gasteiger partial charge >= 0.3 is 0 Å². The number of hydrogen-bond acceptors (Lipinski definition) is 3. The van der Waals surface area contributed by atoms with Crippen molar-refractivity contribution in [3.05, 3.63) is 0 Å². The highest BCUT2D eigenvalue weighted by atomic mass is 16.3. The van der Waals surface area contributed by atoms with E-state index in [0.717, 1.165) is 0 Å². The first-order chi connectivity index (χ1) is 5.15. The van der Waals surface area contributed by atoms with Crippen molar-refractivity contribution in [3.8, 4) is 6.07 Å². The van der Waals surface area contributed by atoms with Crippen molar-refractivity contribution in [3.63, 3.8) is 0 Å². The molecular formula is C8H14N2O. The molecule has 11 heavy (non-hydrogen) atoms. The molecular weight excluding hydrogens is 140 g/mol. The highest BCUT2D eigenvalue weighted by molar-refractivity contribution is 4.98. The van der Waals surface area contributed by atoms with Gasteiger partial charge in [-0.25, -0.2) is 0 Å². The first-order valence-electron chi connectivity index (χ1n) is 3.97. The van der Waals surface area contributed by atoms with Crippen molar-refractivity contribution in [1.29, 1.82) is 5.26 Å². The van der Waals surface area contributed by atoms with Gasteiger partial charge in [-0.1, -0.05) is 13.8 Å². The van der Waals surface area contributed by atoms with Gasteiger partial charge in [0.05, 0.1) is 12.2 Å². The molecule has 3 nitrogen and oxygen atoms in total. The van der Waals surface area contributed by atoms with Crippen LogP contribution in [0.15, 0.2) is 0 Å². The Morgan fingerprint density at radius 1 is 1.55 bits per heavy atom. The molecule has 0 amide bonds.